The predicted octanol–water partition coefficient (Wildman–Crippen LogP) is 1.64. The molecule has 7 bridgehead atoms. The number of rotatable bonds is 7. The number of esters is 2. The van der Waals surface area contributed by atoms with E-state index in [-0.39, 0.29) is 65.2 Å². The molecule has 0 aromatic carbocycles. The van der Waals surface area contributed by atoms with Crippen LogP contribution in [0.1, 0.15) is 46.5 Å². The summed E-state index contributed by atoms with van der Waals surface area (Å²) in [5, 5.41) is 12.1. The third-order valence-electron chi connectivity index (χ3n) is 11.7. The Bertz CT molecular complexity index is 960. The number of nitrogens with zero attached hydrogens (tertiary/aromatic N) is 1. The van der Waals surface area contributed by atoms with Crippen molar-refractivity contribution in [2.24, 2.45) is 40.4 Å². The van der Waals surface area contributed by atoms with Crippen LogP contribution in [0.3, 0.4) is 0 Å². The summed E-state index contributed by atoms with van der Waals surface area (Å²) in [4.78, 5) is 27.8. The maximum Gasteiger partial charge on any atom is 0.303 e. The molecule has 0 radical (unpaired) electrons. The number of carbonyl (C=O) groups is 2. The maximum absolute atomic E-state index is 12.9. The van der Waals surface area contributed by atoms with E-state index in [1.54, 1.807) is 21.3 Å². The summed E-state index contributed by atoms with van der Waals surface area (Å²) < 4.78 is 31.0. The summed E-state index contributed by atoms with van der Waals surface area (Å²) in [5.74, 6) is -1.05. The molecular weight excluding hydrogens is 478 g/mol. The molecule has 1 aliphatic heterocycles. The van der Waals surface area contributed by atoms with Crippen LogP contribution < -0.4 is 0 Å². The van der Waals surface area contributed by atoms with Gasteiger partial charge >= 0.3 is 11.9 Å². The molecular formula is C28H43NO8. The highest BCUT2D eigenvalue weighted by Crippen LogP contribution is 2.80. The van der Waals surface area contributed by atoms with Crippen molar-refractivity contribution >= 4 is 11.9 Å². The van der Waals surface area contributed by atoms with Crippen molar-refractivity contribution in [1.29, 1.82) is 0 Å². The fourth-order valence-corrected chi connectivity index (χ4v) is 11.4. The lowest BCUT2D eigenvalue weighted by Crippen LogP contribution is -2.76. The van der Waals surface area contributed by atoms with Crippen LogP contribution in [0.15, 0.2) is 0 Å². The third-order valence-corrected chi connectivity index (χ3v) is 11.7. The van der Waals surface area contributed by atoms with E-state index >= 15 is 0 Å². The van der Waals surface area contributed by atoms with E-state index in [9.17, 15) is 14.7 Å². The average Bonchev–Trinajstić information content (AvgIpc) is 3.27. The van der Waals surface area contributed by atoms with Gasteiger partial charge in [-0.25, -0.2) is 0 Å². The van der Waals surface area contributed by atoms with Crippen LogP contribution in [0.2, 0.25) is 0 Å². The molecule has 37 heavy (non-hydrogen) atoms. The van der Waals surface area contributed by atoms with Crippen molar-refractivity contribution in [2.75, 3.05) is 41.0 Å². The molecule has 13 atom stereocenters. The van der Waals surface area contributed by atoms with Gasteiger partial charge in [-0.15, -0.1) is 0 Å². The number of hydrogen-bond acceptors (Lipinski definition) is 9. The van der Waals surface area contributed by atoms with Gasteiger partial charge in [-0.05, 0) is 31.7 Å². The molecule has 6 fully saturated rings. The van der Waals surface area contributed by atoms with Gasteiger partial charge in [0.1, 0.15) is 11.7 Å². The SMILES string of the molecule is CCN1C[C@]2(COC)CCC(O)C34[C@@H]5CC6C(OC(C)=O)[C@@H]5[C@](OC(C)=O)(C[C@@H]6OC)[C@@H](C(OC)[C@@H]32)[C@H]14. The number of fused-ring (bicyclic) bond motifs is 2. The van der Waals surface area contributed by atoms with Gasteiger partial charge in [0.2, 0.25) is 0 Å². The van der Waals surface area contributed by atoms with Crippen molar-refractivity contribution in [3.8, 4) is 0 Å². The third kappa shape index (κ3) is 2.98. The first-order valence-electron chi connectivity index (χ1n) is 14.0. The van der Waals surface area contributed by atoms with E-state index in [4.69, 9.17) is 23.7 Å². The first-order chi connectivity index (χ1) is 17.7. The largest absolute Gasteiger partial charge is 0.462 e. The van der Waals surface area contributed by atoms with Gasteiger partial charge < -0.3 is 28.8 Å². The highest BCUT2D eigenvalue weighted by atomic mass is 16.6. The lowest BCUT2D eigenvalue weighted by molar-refractivity contribution is -0.278. The maximum atomic E-state index is 12.9. The summed E-state index contributed by atoms with van der Waals surface area (Å²) in [5.41, 5.74) is -1.57. The molecule has 1 saturated heterocycles. The Labute approximate surface area is 219 Å². The molecule has 1 N–H and O–H groups in total. The van der Waals surface area contributed by atoms with Crippen LogP contribution in [0, 0.1) is 40.4 Å². The zero-order chi connectivity index (χ0) is 26.5. The Morgan fingerprint density at radius 3 is 2.41 bits per heavy atom. The van der Waals surface area contributed by atoms with E-state index in [0.29, 0.717) is 19.4 Å². The molecule has 6 aliphatic rings. The first-order valence-corrected chi connectivity index (χ1v) is 14.0. The number of piperidine rings is 1. The van der Waals surface area contributed by atoms with Crippen molar-refractivity contribution in [1.82, 2.24) is 4.90 Å². The van der Waals surface area contributed by atoms with Crippen molar-refractivity contribution in [3.05, 3.63) is 0 Å². The fourth-order valence-electron chi connectivity index (χ4n) is 11.4. The lowest BCUT2D eigenvalue weighted by atomic mass is 9.43. The fraction of sp³-hybridized carbons (Fsp3) is 0.929. The van der Waals surface area contributed by atoms with Crippen LogP contribution in [-0.4, -0.2) is 99.0 Å². The molecule has 9 nitrogen and oxygen atoms in total. The van der Waals surface area contributed by atoms with E-state index in [0.717, 1.165) is 25.9 Å². The molecule has 5 saturated carbocycles. The van der Waals surface area contributed by atoms with Crippen molar-refractivity contribution in [3.63, 3.8) is 0 Å². The summed E-state index contributed by atoms with van der Waals surface area (Å²) in [7, 11) is 5.22. The van der Waals surface area contributed by atoms with Crippen LogP contribution in [-0.2, 0) is 33.3 Å². The molecule has 1 heterocycles. The first kappa shape index (κ1) is 26.0. The van der Waals surface area contributed by atoms with Gasteiger partial charge in [-0.3, -0.25) is 14.5 Å². The minimum atomic E-state index is -0.922. The molecule has 5 unspecified atom stereocenters. The molecule has 1 spiro atoms. The highest BCUT2D eigenvalue weighted by Gasteiger charge is 2.87. The molecule has 0 amide bonds. The predicted molar refractivity (Wildman–Crippen MR) is 131 cm³/mol. The molecule has 6 rings (SSSR count). The number of carbonyl (C=O) groups excluding carboxylic acids is 2. The van der Waals surface area contributed by atoms with E-state index in [2.05, 4.69) is 11.8 Å². The average molecular weight is 522 g/mol. The quantitative estimate of drug-likeness (QED) is 0.501. The highest BCUT2D eigenvalue weighted by molar-refractivity contribution is 5.68. The minimum absolute atomic E-state index is 0.00590. The topological polar surface area (TPSA) is 104 Å². The monoisotopic (exact) mass is 521 g/mol. The number of aliphatic hydroxyl groups excluding tert-OH is 1. The molecule has 0 aromatic rings. The number of aliphatic hydroxyl groups is 1. The van der Waals surface area contributed by atoms with Crippen LogP contribution in [0.5, 0.6) is 0 Å². The van der Waals surface area contributed by atoms with Crippen LogP contribution in [0.25, 0.3) is 0 Å². The second-order valence-corrected chi connectivity index (χ2v) is 12.7. The van der Waals surface area contributed by atoms with Gasteiger partial charge in [0.25, 0.3) is 0 Å². The number of hydrogen-bond donors (Lipinski definition) is 1. The van der Waals surface area contributed by atoms with Gasteiger partial charge in [0.05, 0.1) is 24.9 Å². The number of likely N-dealkylation sites (tertiary alicyclic amines) is 1. The lowest BCUT2D eigenvalue weighted by Gasteiger charge is -2.69. The summed E-state index contributed by atoms with van der Waals surface area (Å²) in [6, 6.07) is -0.0133. The molecule has 208 valence electrons. The van der Waals surface area contributed by atoms with E-state index < -0.39 is 23.2 Å². The number of methoxy groups -OCH3 is 3. The Kier molecular flexibility index (Phi) is 6.05. The molecule has 5 aliphatic carbocycles. The van der Waals surface area contributed by atoms with Gasteiger partial charge in [0.15, 0.2) is 0 Å². The smallest absolute Gasteiger partial charge is 0.303 e. The normalized spacial score (nSPS) is 53.2. The Morgan fingerprint density at radius 1 is 1.05 bits per heavy atom. The summed E-state index contributed by atoms with van der Waals surface area (Å²) >= 11 is 0. The van der Waals surface area contributed by atoms with Crippen LogP contribution in [0.4, 0.5) is 0 Å². The van der Waals surface area contributed by atoms with Crippen molar-refractivity contribution < 1.29 is 38.4 Å². The van der Waals surface area contributed by atoms with E-state index in [1.807, 2.05) is 0 Å². The van der Waals surface area contributed by atoms with Gasteiger partial charge in [-0.1, -0.05) is 6.92 Å². The van der Waals surface area contributed by atoms with Crippen molar-refractivity contribution in [2.45, 2.75) is 82.5 Å². The summed E-state index contributed by atoms with van der Waals surface area (Å²) in [6.07, 6.45) is 1.46. The second kappa shape index (κ2) is 8.62. The second-order valence-electron chi connectivity index (χ2n) is 12.7. The van der Waals surface area contributed by atoms with Gasteiger partial charge in [-0.2, -0.15) is 0 Å². The summed E-state index contributed by atoms with van der Waals surface area (Å²) in [6.45, 7) is 7.38. The Hall–Kier alpha value is -1.26. The molecule has 9 heteroatoms. The Morgan fingerprint density at radius 2 is 1.81 bits per heavy atom. The van der Waals surface area contributed by atoms with E-state index in [1.165, 1.54) is 13.8 Å². The van der Waals surface area contributed by atoms with Crippen LogP contribution >= 0.6 is 0 Å². The standard InChI is InChI=1S/C28H43NO8/c1-7-29-12-26(13-33-4)9-8-19(32)28-17-10-16-18(34-5)11-27(37-15(3)31,20(17)22(16)36-14(2)30)21(25(28)29)23(35-6)24(26)28/h16-25,32H,7-13H2,1-6H3/t16?,17-,18+,19?,20-,21+,22?,23?,24-,25+,26+,27-,28?/m1/s1. The Balaban J connectivity index is 1.65. The zero-order valence-electron chi connectivity index (χ0n) is 23.0. The number of ether oxygens (including phenoxy) is 5. The van der Waals surface area contributed by atoms with Gasteiger partial charge in [0, 0.05) is 88.7 Å². The zero-order valence-corrected chi connectivity index (χ0v) is 23.0. The minimum Gasteiger partial charge on any atom is -0.462 e. The molecule has 0 aromatic heterocycles.